The summed E-state index contributed by atoms with van der Waals surface area (Å²) in [4.78, 5) is 10.5. The standard InChI is InChI=1S/C68H46N4/c1-7-23-47(24-8-1)49-43-63(48-25-9-2-10-26-48)69-65(44-49)72-64-42-40-54(70(50-27-11-3-12-28-50)51-29-13-4-14-30-51)45-59(64)66-67(72)58-36-20-22-38-61(58)68(66)60-37-21-19-35-56(60)57-41-39-55(46-62(57)68)71(52-31-15-5-16-32-52)53-33-17-6-18-34-53/h1-46H. The average molecular weight is 919 g/mol. The Morgan fingerprint density at radius 3 is 1.33 bits per heavy atom. The van der Waals surface area contributed by atoms with Gasteiger partial charge in [0.25, 0.3) is 0 Å². The van der Waals surface area contributed by atoms with Crippen LogP contribution in [0.4, 0.5) is 34.1 Å². The van der Waals surface area contributed by atoms with E-state index < -0.39 is 5.41 Å². The molecule has 4 heteroatoms. The van der Waals surface area contributed by atoms with Crippen molar-refractivity contribution >= 4 is 45.0 Å². The second-order valence-corrected chi connectivity index (χ2v) is 18.7. The van der Waals surface area contributed by atoms with E-state index in [1.807, 2.05) is 0 Å². The molecule has 72 heavy (non-hydrogen) atoms. The molecular formula is C68H46N4. The van der Waals surface area contributed by atoms with E-state index in [4.69, 9.17) is 4.98 Å². The van der Waals surface area contributed by atoms with Crippen molar-refractivity contribution in [3.05, 3.63) is 301 Å². The van der Waals surface area contributed by atoms with Crippen molar-refractivity contribution in [3.63, 3.8) is 0 Å². The summed E-state index contributed by atoms with van der Waals surface area (Å²) in [6, 6.07) is 101. The quantitative estimate of drug-likeness (QED) is 0.144. The fourth-order valence-electron chi connectivity index (χ4n) is 11.8. The van der Waals surface area contributed by atoms with E-state index in [-0.39, 0.29) is 0 Å². The zero-order valence-electron chi connectivity index (χ0n) is 39.3. The minimum Gasteiger partial charge on any atom is -0.310 e. The largest absolute Gasteiger partial charge is 0.310 e. The number of aromatic nitrogens is 2. The van der Waals surface area contributed by atoms with Crippen molar-refractivity contribution in [1.29, 1.82) is 0 Å². The van der Waals surface area contributed by atoms with Crippen LogP contribution in [0.25, 0.3) is 61.5 Å². The first-order chi connectivity index (χ1) is 35.7. The number of benzene rings is 10. The van der Waals surface area contributed by atoms with E-state index in [0.29, 0.717) is 0 Å². The molecule has 2 aliphatic rings. The Bertz CT molecular complexity index is 3830. The van der Waals surface area contributed by atoms with Crippen LogP contribution in [-0.2, 0) is 5.41 Å². The molecule has 0 fully saturated rings. The molecule has 10 aromatic carbocycles. The van der Waals surface area contributed by atoms with E-state index in [1.165, 1.54) is 44.3 Å². The third-order valence-corrected chi connectivity index (χ3v) is 14.7. The third kappa shape index (κ3) is 6.43. The Hall–Kier alpha value is -9.51. The zero-order valence-corrected chi connectivity index (χ0v) is 39.3. The van der Waals surface area contributed by atoms with Crippen molar-refractivity contribution in [1.82, 2.24) is 9.55 Å². The highest BCUT2D eigenvalue weighted by atomic mass is 15.2. The maximum atomic E-state index is 5.68. The number of nitrogens with zero attached hydrogens (tertiary/aromatic N) is 4. The number of pyridine rings is 1. The Balaban J connectivity index is 1.12. The summed E-state index contributed by atoms with van der Waals surface area (Å²) >= 11 is 0. The maximum Gasteiger partial charge on any atom is 0.138 e. The van der Waals surface area contributed by atoms with Gasteiger partial charge in [0.2, 0.25) is 0 Å². The molecule has 2 heterocycles. The number of hydrogen-bond acceptors (Lipinski definition) is 3. The SMILES string of the molecule is c1ccc(-c2cc(-c3ccccc3)nc(-n3c4c(c5cc(N(c6ccccc6)c6ccccc6)ccc53)C3(c5ccccc5-c5ccc(N(c6ccccc6)c6ccccc6)cc53)c3ccccc3-4)c2)cc1. The Morgan fingerprint density at radius 2 is 0.764 bits per heavy atom. The fraction of sp³-hybridized carbons (Fsp3) is 0.0147. The van der Waals surface area contributed by atoms with Crippen LogP contribution >= 0.6 is 0 Å². The normalized spacial score (nSPS) is 13.9. The Labute approximate surface area is 419 Å². The van der Waals surface area contributed by atoms with Gasteiger partial charge in [-0.05, 0) is 130 Å². The van der Waals surface area contributed by atoms with Gasteiger partial charge in [0, 0.05) is 56.2 Å². The Morgan fingerprint density at radius 1 is 0.319 bits per heavy atom. The highest BCUT2D eigenvalue weighted by molar-refractivity contribution is 6.07. The van der Waals surface area contributed by atoms with Gasteiger partial charge in [0.1, 0.15) is 5.82 Å². The fourth-order valence-corrected chi connectivity index (χ4v) is 11.8. The molecule has 1 spiro atoms. The molecule has 2 aromatic heterocycles. The number of rotatable bonds is 9. The molecule has 1 atom stereocenters. The summed E-state index contributed by atoms with van der Waals surface area (Å²) in [5, 5.41) is 1.17. The van der Waals surface area contributed by atoms with Gasteiger partial charge >= 0.3 is 0 Å². The van der Waals surface area contributed by atoms with Crippen molar-refractivity contribution in [2.24, 2.45) is 0 Å². The smallest absolute Gasteiger partial charge is 0.138 e. The van der Waals surface area contributed by atoms with Gasteiger partial charge in [0.05, 0.1) is 22.3 Å². The van der Waals surface area contributed by atoms with Crippen LogP contribution in [0.2, 0.25) is 0 Å². The zero-order chi connectivity index (χ0) is 47.6. The third-order valence-electron chi connectivity index (χ3n) is 14.7. The van der Waals surface area contributed by atoms with E-state index in [9.17, 15) is 0 Å². The predicted molar refractivity (Wildman–Crippen MR) is 298 cm³/mol. The first-order valence-corrected chi connectivity index (χ1v) is 24.7. The molecule has 14 rings (SSSR count). The molecule has 2 aliphatic carbocycles. The van der Waals surface area contributed by atoms with Gasteiger partial charge in [-0.2, -0.15) is 0 Å². The number of hydrogen-bond donors (Lipinski definition) is 0. The minimum atomic E-state index is -0.710. The summed E-state index contributed by atoms with van der Waals surface area (Å²) in [5.74, 6) is 0.864. The average Bonchev–Trinajstić information content (AvgIpc) is 4.07. The van der Waals surface area contributed by atoms with Crippen molar-refractivity contribution in [2.45, 2.75) is 5.41 Å². The van der Waals surface area contributed by atoms with Gasteiger partial charge in [0.15, 0.2) is 0 Å². The minimum absolute atomic E-state index is 0.710. The molecule has 338 valence electrons. The molecular weight excluding hydrogens is 873 g/mol. The Kier molecular flexibility index (Phi) is 9.71. The van der Waals surface area contributed by atoms with Crippen LogP contribution in [-0.4, -0.2) is 9.55 Å². The monoisotopic (exact) mass is 918 g/mol. The van der Waals surface area contributed by atoms with Gasteiger partial charge in [-0.1, -0.05) is 188 Å². The molecule has 0 amide bonds. The van der Waals surface area contributed by atoms with Crippen LogP contribution in [0.3, 0.4) is 0 Å². The summed E-state index contributed by atoms with van der Waals surface area (Å²) < 4.78 is 2.47. The number of fused-ring (bicyclic) bond motifs is 12. The molecule has 0 bridgehead atoms. The van der Waals surface area contributed by atoms with E-state index >= 15 is 0 Å². The summed E-state index contributed by atoms with van der Waals surface area (Å²) in [5.41, 5.74) is 21.0. The van der Waals surface area contributed by atoms with Gasteiger partial charge in [-0.3, -0.25) is 4.57 Å². The topological polar surface area (TPSA) is 24.3 Å². The summed E-state index contributed by atoms with van der Waals surface area (Å²) in [7, 11) is 0. The van der Waals surface area contributed by atoms with Crippen molar-refractivity contribution in [3.8, 4) is 50.6 Å². The molecule has 0 radical (unpaired) electrons. The molecule has 1 unspecified atom stereocenters. The van der Waals surface area contributed by atoms with Gasteiger partial charge in [-0.15, -0.1) is 0 Å². The molecule has 12 aromatic rings. The van der Waals surface area contributed by atoms with E-state index in [1.54, 1.807) is 0 Å². The summed E-state index contributed by atoms with van der Waals surface area (Å²) in [6.45, 7) is 0. The highest BCUT2D eigenvalue weighted by Crippen LogP contribution is 2.66. The molecule has 0 N–H and O–H groups in total. The lowest BCUT2D eigenvalue weighted by atomic mass is 9.70. The first kappa shape index (κ1) is 41.5. The second kappa shape index (κ2) is 16.9. The van der Waals surface area contributed by atoms with Crippen LogP contribution < -0.4 is 9.80 Å². The van der Waals surface area contributed by atoms with Crippen LogP contribution in [0.5, 0.6) is 0 Å². The number of para-hydroxylation sites is 4. The first-order valence-electron chi connectivity index (χ1n) is 24.7. The maximum absolute atomic E-state index is 5.68. The van der Waals surface area contributed by atoms with Crippen molar-refractivity contribution < 1.29 is 0 Å². The molecule has 0 saturated heterocycles. The van der Waals surface area contributed by atoms with Gasteiger partial charge < -0.3 is 9.80 Å². The predicted octanol–water partition coefficient (Wildman–Crippen LogP) is 17.6. The lowest BCUT2D eigenvalue weighted by molar-refractivity contribution is 0.801. The summed E-state index contributed by atoms with van der Waals surface area (Å²) in [6.07, 6.45) is 0. The van der Waals surface area contributed by atoms with E-state index in [2.05, 4.69) is 293 Å². The lowest BCUT2D eigenvalue weighted by Crippen LogP contribution is -2.26. The molecule has 4 nitrogen and oxygen atoms in total. The van der Waals surface area contributed by atoms with Gasteiger partial charge in [-0.25, -0.2) is 4.98 Å². The highest BCUT2D eigenvalue weighted by Gasteiger charge is 2.54. The molecule has 0 aliphatic heterocycles. The van der Waals surface area contributed by atoms with E-state index in [0.717, 1.165) is 73.5 Å². The van der Waals surface area contributed by atoms with Crippen LogP contribution in [0.15, 0.2) is 279 Å². The van der Waals surface area contributed by atoms with Crippen LogP contribution in [0.1, 0.15) is 22.3 Å². The lowest BCUT2D eigenvalue weighted by Gasteiger charge is -2.32. The molecule has 0 saturated carbocycles. The number of anilines is 6. The second-order valence-electron chi connectivity index (χ2n) is 18.7. The van der Waals surface area contributed by atoms with Crippen molar-refractivity contribution in [2.75, 3.05) is 9.80 Å². The van der Waals surface area contributed by atoms with Crippen LogP contribution in [0, 0.1) is 0 Å².